The van der Waals surface area contributed by atoms with Crippen LogP contribution < -0.4 is 21.2 Å². The molecule has 0 saturated carbocycles. The van der Waals surface area contributed by atoms with E-state index in [1.54, 1.807) is 0 Å². The Bertz CT molecular complexity index is 1670. The van der Waals surface area contributed by atoms with E-state index < -0.39 is 172 Å². The van der Waals surface area contributed by atoms with E-state index in [4.69, 9.17) is 0 Å². The second kappa shape index (κ2) is 14.2. The van der Waals surface area contributed by atoms with Gasteiger partial charge in [0.25, 0.3) is 0 Å². The van der Waals surface area contributed by atoms with E-state index in [0.717, 1.165) is 6.92 Å². The topological polar surface area (TPSA) is 0 Å². The highest BCUT2D eigenvalue weighted by Crippen LogP contribution is 2.61. The molecule has 4 aromatic rings. The molecule has 22 heteroatoms. The number of benzene rings is 4. The summed E-state index contributed by atoms with van der Waals surface area (Å²) in [6.07, 6.45) is -2.33. The normalized spacial score (nSPS) is 12.0. The molecule has 0 amide bonds. The van der Waals surface area contributed by atoms with Crippen LogP contribution in [0, 0.1) is 116 Å². The van der Waals surface area contributed by atoms with E-state index in [-0.39, 0.29) is 0 Å². The van der Waals surface area contributed by atoms with Crippen molar-refractivity contribution in [2.45, 2.75) is 25.2 Å². The van der Waals surface area contributed by atoms with Crippen LogP contribution >= 0.6 is 15.8 Å². The lowest BCUT2D eigenvalue weighted by Gasteiger charge is -2.36. The third kappa shape index (κ3) is 5.85. The summed E-state index contributed by atoms with van der Waals surface area (Å²) in [5.74, 6) is -61.8. The number of rotatable bonds is 8. The highest BCUT2D eigenvalue weighted by atomic mass is 31.2. The zero-order chi connectivity index (χ0) is 38.0. The minimum atomic E-state index is -4.89. The van der Waals surface area contributed by atoms with Crippen molar-refractivity contribution in [2.24, 2.45) is 0 Å². The molecule has 270 valence electrons. The Kier molecular flexibility index (Phi) is 11.1. The van der Waals surface area contributed by atoms with Gasteiger partial charge in [0, 0.05) is 5.40 Å². The molecule has 0 atom stereocenters. The van der Waals surface area contributed by atoms with Gasteiger partial charge in [0.1, 0.15) is 0 Å². The summed E-state index contributed by atoms with van der Waals surface area (Å²) in [5.41, 5.74) is 0. The Morgan fingerprint density at radius 2 is 0.420 bits per heavy atom. The lowest BCUT2D eigenvalue weighted by molar-refractivity contribution is 0.382. The molecule has 50 heavy (non-hydrogen) atoms. The predicted molar refractivity (Wildman–Crippen MR) is 136 cm³/mol. The van der Waals surface area contributed by atoms with Crippen LogP contribution in [0.4, 0.5) is 87.8 Å². The van der Waals surface area contributed by atoms with Gasteiger partial charge in [-0.15, -0.1) is 0 Å². The van der Waals surface area contributed by atoms with Gasteiger partial charge in [-0.1, -0.05) is 13.3 Å². The maximum absolute atomic E-state index is 15.4. The van der Waals surface area contributed by atoms with Crippen molar-refractivity contribution in [2.75, 3.05) is 0 Å². The molecule has 0 aliphatic rings. The average molecular weight is 786 g/mol. The fourth-order valence-electron chi connectivity index (χ4n) is 4.67. The van der Waals surface area contributed by atoms with Crippen LogP contribution in [0.2, 0.25) is 0 Å². The van der Waals surface area contributed by atoms with Crippen molar-refractivity contribution >= 4 is 37.1 Å². The van der Waals surface area contributed by atoms with Crippen molar-refractivity contribution in [1.82, 2.24) is 0 Å². The Balaban J connectivity index is 2.41. The maximum Gasteiger partial charge on any atom is 0.200 e. The molecule has 0 aliphatic heterocycles. The number of halogens is 20. The monoisotopic (exact) mass is 786 g/mol. The second-order valence-electron chi connectivity index (χ2n) is 9.68. The van der Waals surface area contributed by atoms with Crippen LogP contribution in [0.3, 0.4) is 0 Å². The minimum Gasteiger partial charge on any atom is -0.203 e. The summed E-state index contributed by atoms with van der Waals surface area (Å²) in [7, 11) is -9.78. The molecule has 0 unspecified atom stereocenters. The summed E-state index contributed by atoms with van der Waals surface area (Å²) < 4.78 is 295. The molecule has 0 N–H and O–H groups in total. The smallest absolute Gasteiger partial charge is 0.200 e. The van der Waals surface area contributed by atoms with Crippen molar-refractivity contribution in [1.29, 1.82) is 0 Å². The minimum absolute atomic E-state index is 0.849. The molecule has 0 aromatic heterocycles. The summed E-state index contributed by atoms with van der Waals surface area (Å²) in [5, 5.41) is -13.7. The molecule has 4 aromatic carbocycles. The van der Waals surface area contributed by atoms with Gasteiger partial charge in [0.05, 0.1) is 21.2 Å². The molecular weight excluding hydrogens is 778 g/mol. The molecule has 4 rings (SSSR count). The highest BCUT2D eigenvalue weighted by Gasteiger charge is 2.48. The maximum atomic E-state index is 15.4. The lowest BCUT2D eigenvalue weighted by Crippen LogP contribution is -2.38. The standard InChI is InChI=1S/C28H8F20P2/c1-2-3-4(49(25-17(41)9(33)5(29)10(34)18(25)42)26-19(43)11(35)6(30)12(36)20(26)44)50(27-21(45)13(37)7(31)14(38)22(27)46)28-23(47)15(39)8(32)16(40)24(28)48/h4H,2-3H2,1H3. The number of hydrogen-bond donors (Lipinski definition) is 0. The Morgan fingerprint density at radius 3 is 0.560 bits per heavy atom. The van der Waals surface area contributed by atoms with Gasteiger partial charge in [-0.25, -0.2) is 87.8 Å². The quantitative estimate of drug-likeness (QED) is 0.0724. The molecule has 0 radical (unpaired) electrons. The van der Waals surface area contributed by atoms with E-state index in [1.807, 2.05) is 0 Å². The van der Waals surface area contributed by atoms with Crippen LogP contribution in [0.5, 0.6) is 0 Å². The van der Waals surface area contributed by atoms with Crippen molar-refractivity contribution < 1.29 is 87.8 Å². The van der Waals surface area contributed by atoms with Crippen LogP contribution in [0.15, 0.2) is 0 Å². The summed E-state index contributed by atoms with van der Waals surface area (Å²) in [4.78, 5) is 0. The van der Waals surface area contributed by atoms with Gasteiger partial charge in [-0.05, 0) is 22.3 Å². The number of hydrogen-bond acceptors (Lipinski definition) is 0. The van der Waals surface area contributed by atoms with E-state index in [1.165, 1.54) is 0 Å². The zero-order valence-corrected chi connectivity index (χ0v) is 25.2. The third-order valence-electron chi connectivity index (χ3n) is 6.85. The first-order valence-electron chi connectivity index (χ1n) is 12.8. The average Bonchev–Trinajstić information content (AvgIpc) is 3.09. The molecule has 0 bridgehead atoms. The van der Waals surface area contributed by atoms with Gasteiger partial charge < -0.3 is 0 Å². The van der Waals surface area contributed by atoms with Gasteiger partial charge in [-0.2, -0.15) is 0 Å². The Morgan fingerprint density at radius 1 is 0.280 bits per heavy atom. The Hall–Kier alpha value is -3.66. The van der Waals surface area contributed by atoms with Crippen molar-refractivity contribution in [3.63, 3.8) is 0 Å². The molecule has 0 heterocycles. The van der Waals surface area contributed by atoms with Crippen LogP contribution in [0.1, 0.15) is 19.8 Å². The van der Waals surface area contributed by atoms with Gasteiger partial charge in [0.15, 0.2) is 93.1 Å². The van der Waals surface area contributed by atoms with Crippen LogP contribution in [-0.2, 0) is 0 Å². The molecule has 0 aliphatic carbocycles. The van der Waals surface area contributed by atoms with Crippen LogP contribution in [0.25, 0.3) is 0 Å². The first-order chi connectivity index (χ1) is 23.2. The summed E-state index contributed by atoms with van der Waals surface area (Å²) in [6.45, 7) is 0.863. The largest absolute Gasteiger partial charge is 0.203 e. The molecular formula is C28H8F20P2. The van der Waals surface area contributed by atoms with Crippen LogP contribution in [-0.4, -0.2) is 5.40 Å². The lowest BCUT2D eigenvalue weighted by atomic mass is 10.3. The molecule has 0 fully saturated rings. The van der Waals surface area contributed by atoms with Crippen molar-refractivity contribution in [3.8, 4) is 0 Å². The third-order valence-corrected chi connectivity index (χ3v) is 13.4. The highest BCUT2D eigenvalue weighted by molar-refractivity contribution is 7.89. The van der Waals surface area contributed by atoms with Gasteiger partial charge >= 0.3 is 0 Å². The summed E-state index contributed by atoms with van der Waals surface area (Å²) >= 11 is 0. The fourth-order valence-corrected chi connectivity index (χ4v) is 12.1. The first-order valence-corrected chi connectivity index (χ1v) is 15.6. The SMILES string of the molecule is CCCC(P(c1c(F)c(F)c(F)c(F)c1F)c1c(F)c(F)c(F)c(F)c1F)P(c1c(F)c(F)c(F)c(F)c1F)c1c(F)c(F)c(F)c(F)c1F. The molecule has 0 saturated heterocycles. The fraction of sp³-hybridized carbons (Fsp3) is 0.143. The molecule has 0 nitrogen and oxygen atoms in total. The zero-order valence-electron chi connectivity index (χ0n) is 23.4. The van der Waals surface area contributed by atoms with Gasteiger partial charge in [-0.3, -0.25) is 0 Å². The van der Waals surface area contributed by atoms with Crippen molar-refractivity contribution in [3.05, 3.63) is 116 Å². The second-order valence-corrected chi connectivity index (χ2v) is 14.6. The predicted octanol–water partition coefficient (Wildman–Crippen LogP) is 9.16. The Labute approximate surface area is 266 Å². The van der Waals surface area contributed by atoms with E-state index >= 15 is 35.1 Å². The molecule has 0 spiro atoms. The summed E-state index contributed by atoms with van der Waals surface area (Å²) in [6, 6.07) is 0. The first kappa shape index (κ1) is 39.1. The van der Waals surface area contributed by atoms with E-state index in [2.05, 4.69) is 0 Å². The van der Waals surface area contributed by atoms with Gasteiger partial charge in [0.2, 0.25) is 23.3 Å². The van der Waals surface area contributed by atoms with E-state index in [9.17, 15) is 52.7 Å². The van der Waals surface area contributed by atoms with E-state index in [0.29, 0.717) is 0 Å².